The summed E-state index contributed by atoms with van der Waals surface area (Å²) in [6.07, 6.45) is 3.38. The Balaban J connectivity index is 1.82. The van der Waals surface area contributed by atoms with Crippen molar-refractivity contribution in [3.8, 4) is 0 Å². The first-order chi connectivity index (χ1) is 7.79. The van der Waals surface area contributed by atoms with Crippen molar-refractivity contribution in [3.05, 3.63) is 21.9 Å². The van der Waals surface area contributed by atoms with Gasteiger partial charge in [-0.3, -0.25) is 4.79 Å². The molecule has 1 aliphatic rings. The van der Waals surface area contributed by atoms with Gasteiger partial charge in [0.05, 0.1) is 11.0 Å². The van der Waals surface area contributed by atoms with Gasteiger partial charge in [-0.05, 0) is 31.4 Å². The molecule has 1 atom stereocenters. The summed E-state index contributed by atoms with van der Waals surface area (Å²) >= 11 is 1.57. The highest BCUT2D eigenvalue weighted by Crippen LogP contribution is 2.17. The molecule has 0 spiro atoms. The number of carbonyl (C=O) groups excluding carboxylic acids is 1. The van der Waals surface area contributed by atoms with Crippen LogP contribution in [0.15, 0.2) is 12.1 Å². The molecule has 0 bridgehead atoms. The third-order valence-corrected chi connectivity index (χ3v) is 3.98. The maximum Gasteiger partial charge on any atom is 0.261 e. The van der Waals surface area contributed by atoms with E-state index in [0.717, 1.165) is 30.7 Å². The predicted molar refractivity (Wildman–Crippen MR) is 65.0 cm³/mol. The highest BCUT2D eigenvalue weighted by molar-refractivity contribution is 7.14. The summed E-state index contributed by atoms with van der Waals surface area (Å²) in [6.45, 7) is 3.57. The molecule has 0 radical (unpaired) electrons. The smallest absolute Gasteiger partial charge is 0.261 e. The second kappa shape index (κ2) is 5.46. The zero-order valence-electron chi connectivity index (χ0n) is 9.49. The lowest BCUT2D eigenvalue weighted by Gasteiger charge is -2.09. The Bertz CT molecular complexity index is 356. The molecule has 0 unspecified atom stereocenters. The number of carbonyl (C=O) groups is 1. The topological polar surface area (TPSA) is 38.3 Å². The Morgan fingerprint density at radius 3 is 3.12 bits per heavy atom. The number of aryl methyl sites for hydroxylation is 1. The van der Waals surface area contributed by atoms with E-state index in [0.29, 0.717) is 6.54 Å². The van der Waals surface area contributed by atoms with Gasteiger partial charge in [0.25, 0.3) is 5.91 Å². The number of nitrogens with one attached hydrogen (secondary N) is 1. The maximum absolute atomic E-state index is 11.8. The first-order valence-corrected chi connectivity index (χ1v) is 6.59. The summed E-state index contributed by atoms with van der Waals surface area (Å²) in [7, 11) is 0. The van der Waals surface area contributed by atoms with Crippen molar-refractivity contribution >= 4 is 17.2 Å². The van der Waals surface area contributed by atoms with Gasteiger partial charge in [-0.25, -0.2) is 0 Å². The van der Waals surface area contributed by atoms with E-state index in [2.05, 4.69) is 12.2 Å². The lowest BCUT2D eigenvalue weighted by Crippen LogP contribution is -2.31. The predicted octanol–water partition coefficient (Wildman–Crippen LogP) is 2.22. The molecular formula is C12H17NO2S. The lowest BCUT2D eigenvalue weighted by molar-refractivity contribution is 0.0861. The third-order valence-electron chi connectivity index (χ3n) is 2.75. The van der Waals surface area contributed by atoms with Gasteiger partial charge < -0.3 is 10.1 Å². The van der Waals surface area contributed by atoms with Gasteiger partial charge in [-0.2, -0.15) is 0 Å². The van der Waals surface area contributed by atoms with E-state index in [1.807, 2.05) is 12.1 Å². The van der Waals surface area contributed by atoms with Crippen molar-refractivity contribution in [2.45, 2.75) is 32.3 Å². The number of ether oxygens (including phenoxy) is 1. The fourth-order valence-electron chi connectivity index (χ4n) is 1.79. The molecule has 1 aromatic heterocycles. The summed E-state index contributed by atoms with van der Waals surface area (Å²) in [5.74, 6) is 0.0280. The molecule has 1 amide bonds. The molecule has 1 N–H and O–H groups in total. The highest BCUT2D eigenvalue weighted by atomic mass is 32.1. The van der Waals surface area contributed by atoms with Crippen LogP contribution >= 0.6 is 11.3 Å². The molecule has 3 nitrogen and oxygen atoms in total. The normalized spacial score (nSPS) is 19.9. The summed E-state index contributed by atoms with van der Waals surface area (Å²) in [5, 5.41) is 2.92. The minimum Gasteiger partial charge on any atom is -0.376 e. The molecule has 1 aliphatic heterocycles. The average molecular weight is 239 g/mol. The van der Waals surface area contributed by atoms with E-state index in [-0.39, 0.29) is 12.0 Å². The molecule has 4 heteroatoms. The molecule has 88 valence electrons. The molecule has 1 aromatic rings. The van der Waals surface area contributed by atoms with E-state index in [9.17, 15) is 4.79 Å². The van der Waals surface area contributed by atoms with Gasteiger partial charge in [-0.1, -0.05) is 6.92 Å². The fraction of sp³-hybridized carbons (Fsp3) is 0.583. The first kappa shape index (κ1) is 11.6. The van der Waals surface area contributed by atoms with Crippen molar-refractivity contribution in [1.82, 2.24) is 5.32 Å². The number of amides is 1. The molecule has 2 heterocycles. The summed E-state index contributed by atoms with van der Waals surface area (Å²) < 4.78 is 5.45. The van der Waals surface area contributed by atoms with E-state index >= 15 is 0 Å². The standard InChI is InChI=1S/C12H17NO2S/c1-2-10-5-6-11(16-10)12(14)13-8-9-4-3-7-15-9/h5-6,9H,2-4,7-8H2,1H3,(H,13,14)/t9-/m0/s1. The van der Waals surface area contributed by atoms with E-state index in [1.54, 1.807) is 11.3 Å². The largest absolute Gasteiger partial charge is 0.376 e. The van der Waals surface area contributed by atoms with Crippen LogP contribution in [0.2, 0.25) is 0 Å². The van der Waals surface area contributed by atoms with Crippen LogP contribution in [0.3, 0.4) is 0 Å². The Labute approximate surface area is 99.8 Å². The Hall–Kier alpha value is -0.870. The number of hydrogen-bond donors (Lipinski definition) is 1. The molecule has 1 fully saturated rings. The van der Waals surface area contributed by atoms with Crippen LogP contribution in [0.5, 0.6) is 0 Å². The zero-order valence-corrected chi connectivity index (χ0v) is 10.3. The van der Waals surface area contributed by atoms with Gasteiger partial charge in [0.15, 0.2) is 0 Å². The summed E-state index contributed by atoms with van der Waals surface area (Å²) in [4.78, 5) is 13.8. The van der Waals surface area contributed by atoms with Gasteiger partial charge in [0.1, 0.15) is 0 Å². The molecule has 0 saturated carbocycles. The summed E-state index contributed by atoms with van der Waals surface area (Å²) in [6, 6.07) is 3.92. The van der Waals surface area contributed by atoms with Crippen molar-refractivity contribution in [2.75, 3.05) is 13.2 Å². The Morgan fingerprint density at radius 2 is 2.50 bits per heavy atom. The molecule has 16 heavy (non-hydrogen) atoms. The second-order valence-corrected chi connectivity index (χ2v) is 5.13. The van der Waals surface area contributed by atoms with Gasteiger partial charge in [0, 0.05) is 18.0 Å². The zero-order chi connectivity index (χ0) is 11.4. The minimum atomic E-state index is 0.0280. The van der Waals surface area contributed by atoms with Crippen LogP contribution in [0.25, 0.3) is 0 Å². The van der Waals surface area contributed by atoms with Crippen molar-refractivity contribution in [3.63, 3.8) is 0 Å². The maximum atomic E-state index is 11.8. The fourth-order valence-corrected chi connectivity index (χ4v) is 2.65. The first-order valence-electron chi connectivity index (χ1n) is 5.78. The Morgan fingerprint density at radius 1 is 1.62 bits per heavy atom. The highest BCUT2D eigenvalue weighted by Gasteiger charge is 2.17. The summed E-state index contributed by atoms with van der Waals surface area (Å²) in [5.41, 5.74) is 0. The molecular weight excluding hydrogens is 222 g/mol. The second-order valence-electron chi connectivity index (χ2n) is 3.96. The van der Waals surface area contributed by atoms with E-state index in [1.165, 1.54) is 4.88 Å². The molecule has 0 aromatic carbocycles. The monoisotopic (exact) mass is 239 g/mol. The Kier molecular flexibility index (Phi) is 3.96. The quantitative estimate of drug-likeness (QED) is 0.875. The van der Waals surface area contributed by atoms with E-state index < -0.39 is 0 Å². The van der Waals surface area contributed by atoms with Gasteiger partial charge in [0.2, 0.25) is 0 Å². The van der Waals surface area contributed by atoms with Crippen LogP contribution in [0.4, 0.5) is 0 Å². The van der Waals surface area contributed by atoms with Gasteiger partial charge >= 0.3 is 0 Å². The van der Waals surface area contributed by atoms with E-state index in [4.69, 9.17) is 4.74 Å². The van der Waals surface area contributed by atoms with Crippen LogP contribution in [0.1, 0.15) is 34.3 Å². The van der Waals surface area contributed by atoms with Crippen LogP contribution in [-0.4, -0.2) is 25.2 Å². The van der Waals surface area contributed by atoms with Gasteiger partial charge in [-0.15, -0.1) is 11.3 Å². The van der Waals surface area contributed by atoms with Crippen LogP contribution < -0.4 is 5.32 Å². The number of hydrogen-bond acceptors (Lipinski definition) is 3. The average Bonchev–Trinajstić information content (AvgIpc) is 2.96. The molecule has 1 saturated heterocycles. The van der Waals surface area contributed by atoms with Crippen LogP contribution in [0, 0.1) is 0 Å². The molecule has 2 rings (SSSR count). The number of rotatable bonds is 4. The number of thiophene rings is 1. The van der Waals surface area contributed by atoms with Crippen molar-refractivity contribution < 1.29 is 9.53 Å². The third kappa shape index (κ3) is 2.83. The molecule has 0 aliphatic carbocycles. The van der Waals surface area contributed by atoms with Crippen LogP contribution in [-0.2, 0) is 11.2 Å². The SMILES string of the molecule is CCc1ccc(C(=O)NC[C@@H]2CCCO2)s1. The van der Waals surface area contributed by atoms with Crippen molar-refractivity contribution in [1.29, 1.82) is 0 Å². The minimum absolute atomic E-state index is 0.0280. The van der Waals surface area contributed by atoms with Crippen molar-refractivity contribution in [2.24, 2.45) is 0 Å². The lowest BCUT2D eigenvalue weighted by atomic mass is 10.2.